The van der Waals surface area contributed by atoms with Gasteiger partial charge in [-0.2, -0.15) is 0 Å². The van der Waals surface area contributed by atoms with E-state index in [2.05, 4.69) is 0 Å². The van der Waals surface area contributed by atoms with Crippen LogP contribution in [0.4, 0.5) is 0 Å². The maximum Gasteiger partial charge on any atom is 0.232 e. The third-order valence-corrected chi connectivity index (χ3v) is 4.30. The molecule has 0 radical (unpaired) electrons. The van der Waals surface area contributed by atoms with Crippen LogP contribution in [-0.2, 0) is 15.3 Å². The van der Waals surface area contributed by atoms with Crippen LogP contribution in [0, 0.1) is 0 Å². The standard InChI is InChI=1S/C14H18ClNO3S/c15-12-3-1-2-11(6-12)9-20-10-14(18)16-4-5-19-13(7-16)8-17/h1-3,6,13,17H,4-5,7-10H2. The van der Waals surface area contributed by atoms with Gasteiger partial charge < -0.3 is 14.7 Å². The molecule has 0 bridgehead atoms. The van der Waals surface area contributed by atoms with Crippen molar-refractivity contribution in [3.05, 3.63) is 34.9 Å². The fourth-order valence-electron chi connectivity index (χ4n) is 2.03. The van der Waals surface area contributed by atoms with Gasteiger partial charge in [-0.05, 0) is 17.7 Å². The summed E-state index contributed by atoms with van der Waals surface area (Å²) in [6.07, 6.45) is -0.245. The van der Waals surface area contributed by atoms with Crippen molar-refractivity contribution in [2.75, 3.05) is 32.1 Å². The van der Waals surface area contributed by atoms with Crippen LogP contribution >= 0.6 is 23.4 Å². The number of halogens is 1. The molecule has 1 amide bonds. The highest BCUT2D eigenvalue weighted by Crippen LogP contribution is 2.17. The van der Waals surface area contributed by atoms with E-state index in [1.165, 1.54) is 0 Å². The van der Waals surface area contributed by atoms with Crippen molar-refractivity contribution in [2.45, 2.75) is 11.9 Å². The molecule has 1 aliphatic heterocycles. The number of benzene rings is 1. The van der Waals surface area contributed by atoms with E-state index in [4.69, 9.17) is 21.4 Å². The van der Waals surface area contributed by atoms with Crippen molar-refractivity contribution >= 4 is 29.3 Å². The van der Waals surface area contributed by atoms with Gasteiger partial charge >= 0.3 is 0 Å². The van der Waals surface area contributed by atoms with E-state index >= 15 is 0 Å². The summed E-state index contributed by atoms with van der Waals surface area (Å²) in [6.45, 7) is 1.54. The molecule has 1 aromatic rings. The Morgan fingerprint density at radius 2 is 2.40 bits per heavy atom. The number of aliphatic hydroxyl groups excluding tert-OH is 1. The molecule has 4 nitrogen and oxygen atoms in total. The highest BCUT2D eigenvalue weighted by Gasteiger charge is 2.23. The SMILES string of the molecule is O=C(CSCc1cccc(Cl)c1)N1CCOC(CO)C1. The minimum Gasteiger partial charge on any atom is -0.394 e. The summed E-state index contributed by atoms with van der Waals surface area (Å²) in [4.78, 5) is 13.8. The number of carbonyl (C=O) groups is 1. The molecule has 0 aliphatic carbocycles. The number of thioether (sulfide) groups is 1. The van der Waals surface area contributed by atoms with E-state index in [-0.39, 0.29) is 18.6 Å². The molecule has 1 heterocycles. The van der Waals surface area contributed by atoms with Crippen molar-refractivity contribution in [1.82, 2.24) is 4.90 Å². The first-order valence-corrected chi connectivity index (χ1v) is 8.04. The number of hydrogen-bond acceptors (Lipinski definition) is 4. The smallest absolute Gasteiger partial charge is 0.232 e. The van der Waals surface area contributed by atoms with Gasteiger partial charge in [-0.25, -0.2) is 0 Å². The molecule has 1 saturated heterocycles. The maximum absolute atomic E-state index is 12.1. The van der Waals surface area contributed by atoms with Crippen LogP contribution in [0.2, 0.25) is 5.02 Å². The lowest BCUT2D eigenvalue weighted by Gasteiger charge is -2.32. The quantitative estimate of drug-likeness (QED) is 0.900. The van der Waals surface area contributed by atoms with Crippen LogP contribution in [0.15, 0.2) is 24.3 Å². The summed E-state index contributed by atoms with van der Waals surface area (Å²) < 4.78 is 5.33. The number of carbonyl (C=O) groups excluding carboxylic acids is 1. The molecule has 1 aliphatic rings. The molecular formula is C14H18ClNO3S. The summed E-state index contributed by atoms with van der Waals surface area (Å²) in [5.41, 5.74) is 1.12. The largest absolute Gasteiger partial charge is 0.394 e. The number of amides is 1. The summed E-state index contributed by atoms with van der Waals surface area (Å²) in [7, 11) is 0. The van der Waals surface area contributed by atoms with E-state index in [9.17, 15) is 4.79 Å². The van der Waals surface area contributed by atoms with Crippen LogP contribution in [-0.4, -0.2) is 54.1 Å². The fraction of sp³-hybridized carbons (Fsp3) is 0.500. The van der Waals surface area contributed by atoms with Crippen molar-refractivity contribution in [2.24, 2.45) is 0 Å². The molecule has 1 atom stereocenters. The van der Waals surface area contributed by atoms with Crippen LogP contribution in [0.3, 0.4) is 0 Å². The number of ether oxygens (including phenoxy) is 1. The van der Waals surface area contributed by atoms with Gasteiger partial charge in [-0.15, -0.1) is 11.8 Å². The van der Waals surface area contributed by atoms with Crippen molar-refractivity contribution in [3.63, 3.8) is 0 Å². The first-order chi connectivity index (χ1) is 9.69. The number of hydrogen-bond donors (Lipinski definition) is 1. The molecule has 1 unspecified atom stereocenters. The minimum absolute atomic E-state index is 0.0422. The summed E-state index contributed by atoms with van der Waals surface area (Å²) in [5.74, 6) is 1.30. The Hall–Kier alpha value is -0.750. The topological polar surface area (TPSA) is 49.8 Å². The van der Waals surface area contributed by atoms with Gasteiger partial charge in [0.05, 0.1) is 25.1 Å². The van der Waals surface area contributed by atoms with Crippen LogP contribution in [0.1, 0.15) is 5.56 Å². The van der Waals surface area contributed by atoms with Gasteiger partial charge in [0, 0.05) is 23.9 Å². The monoisotopic (exact) mass is 315 g/mol. The lowest BCUT2D eigenvalue weighted by atomic mass is 10.2. The van der Waals surface area contributed by atoms with Gasteiger partial charge in [-0.3, -0.25) is 4.79 Å². The Morgan fingerprint density at radius 3 is 3.15 bits per heavy atom. The van der Waals surface area contributed by atoms with Gasteiger partial charge in [0.15, 0.2) is 0 Å². The Morgan fingerprint density at radius 1 is 1.55 bits per heavy atom. The molecule has 0 saturated carbocycles. The molecule has 6 heteroatoms. The Bertz CT molecular complexity index is 458. The average Bonchev–Trinajstić information content (AvgIpc) is 2.47. The lowest BCUT2D eigenvalue weighted by Crippen LogP contribution is -2.47. The molecule has 1 N–H and O–H groups in total. The first-order valence-electron chi connectivity index (χ1n) is 6.51. The van der Waals surface area contributed by atoms with Gasteiger partial charge in [-0.1, -0.05) is 23.7 Å². The number of morpholine rings is 1. The predicted molar refractivity (Wildman–Crippen MR) is 81.0 cm³/mol. The van der Waals surface area contributed by atoms with Gasteiger partial charge in [0.25, 0.3) is 0 Å². The zero-order valence-corrected chi connectivity index (χ0v) is 12.7. The highest BCUT2D eigenvalue weighted by molar-refractivity contribution is 7.99. The zero-order valence-electron chi connectivity index (χ0n) is 11.1. The second-order valence-corrected chi connectivity index (χ2v) is 6.06. The maximum atomic E-state index is 12.1. The van der Waals surface area contributed by atoms with E-state index in [0.29, 0.717) is 30.5 Å². The third kappa shape index (κ3) is 4.66. The van der Waals surface area contributed by atoms with Crippen molar-refractivity contribution in [3.8, 4) is 0 Å². The van der Waals surface area contributed by atoms with Crippen LogP contribution < -0.4 is 0 Å². The Kier molecular flexibility index (Phi) is 6.16. The predicted octanol–water partition coefficient (Wildman–Crippen LogP) is 1.79. The van der Waals surface area contributed by atoms with E-state index in [1.54, 1.807) is 16.7 Å². The fourth-order valence-corrected chi connectivity index (χ4v) is 3.12. The van der Waals surface area contributed by atoms with E-state index < -0.39 is 0 Å². The average molecular weight is 316 g/mol. The lowest BCUT2D eigenvalue weighted by molar-refractivity contribution is -0.137. The van der Waals surface area contributed by atoms with Crippen LogP contribution in [0.25, 0.3) is 0 Å². The molecular weight excluding hydrogens is 298 g/mol. The second-order valence-electron chi connectivity index (χ2n) is 4.64. The zero-order chi connectivity index (χ0) is 14.4. The first kappa shape index (κ1) is 15.6. The summed E-state index contributed by atoms with van der Waals surface area (Å²) in [6, 6.07) is 7.66. The van der Waals surface area contributed by atoms with Gasteiger partial charge in [0.1, 0.15) is 0 Å². The third-order valence-electron chi connectivity index (χ3n) is 3.08. The number of rotatable bonds is 5. The molecule has 1 aromatic carbocycles. The molecule has 1 fully saturated rings. The summed E-state index contributed by atoms with van der Waals surface area (Å²) in [5, 5.41) is 9.78. The van der Waals surface area contributed by atoms with Crippen molar-refractivity contribution in [1.29, 1.82) is 0 Å². The Labute approximate surface area is 128 Å². The number of nitrogens with zero attached hydrogens (tertiary/aromatic N) is 1. The Balaban J connectivity index is 1.75. The summed E-state index contributed by atoms with van der Waals surface area (Å²) >= 11 is 7.49. The number of aliphatic hydroxyl groups is 1. The molecule has 2 rings (SSSR count). The van der Waals surface area contributed by atoms with Crippen molar-refractivity contribution < 1.29 is 14.6 Å². The van der Waals surface area contributed by atoms with E-state index in [0.717, 1.165) is 11.3 Å². The molecule has 110 valence electrons. The van der Waals surface area contributed by atoms with Crippen LogP contribution in [0.5, 0.6) is 0 Å². The van der Waals surface area contributed by atoms with E-state index in [1.807, 2.05) is 24.3 Å². The normalized spacial score (nSPS) is 19.1. The minimum atomic E-state index is -0.245. The molecule has 0 aromatic heterocycles. The molecule has 20 heavy (non-hydrogen) atoms. The highest BCUT2D eigenvalue weighted by atomic mass is 35.5. The second kappa shape index (κ2) is 7.88. The van der Waals surface area contributed by atoms with Gasteiger partial charge in [0.2, 0.25) is 5.91 Å². The molecule has 0 spiro atoms.